The zero-order valence-corrected chi connectivity index (χ0v) is 17.7. The lowest BCUT2D eigenvalue weighted by atomic mass is 10.0. The SMILES string of the molecule is CC(CC(NC(=O)c1ccc(NCC2CNc3nc(N)[nH]c(=O)c3N2)cc1)C(=O)O)C(=O)O. The molecule has 1 aliphatic rings. The van der Waals surface area contributed by atoms with Crippen LogP contribution in [-0.4, -0.2) is 63.2 Å². The molecule has 1 aromatic carbocycles. The number of nitrogens with zero attached hydrogens (tertiary/aromatic N) is 1. The van der Waals surface area contributed by atoms with E-state index in [1.807, 2.05) is 0 Å². The highest BCUT2D eigenvalue weighted by Crippen LogP contribution is 2.20. The van der Waals surface area contributed by atoms with Gasteiger partial charge in [0, 0.05) is 24.3 Å². The third-order valence-electron chi connectivity index (χ3n) is 5.12. The molecule has 33 heavy (non-hydrogen) atoms. The fourth-order valence-corrected chi connectivity index (χ4v) is 3.25. The van der Waals surface area contributed by atoms with Crippen molar-refractivity contribution in [2.24, 2.45) is 5.92 Å². The summed E-state index contributed by atoms with van der Waals surface area (Å²) in [7, 11) is 0. The van der Waals surface area contributed by atoms with Crippen LogP contribution in [0.5, 0.6) is 0 Å². The van der Waals surface area contributed by atoms with Crippen LogP contribution in [0.3, 0.4) is 0 Å². The standard InChI is InChI=1S/C20H25N7O6/c1-9(18(30)31)6-13(19(32)33)25-16(28)10-2-4-11(5-3-10)22-7-12-8-23-15-14(24-12)17(29)27-20(21)26-15/h2-5,9,12-13,22,24H,6-8H2,1H3,(H,25,28)(H,30,31)(H,32,33)(H4,21,23,26,27,29). The largest absolute Gasteiger partial charge is 0.481 e. The van der Waals surface area contributed by atoms with Gasteiger partial charge in [-0.2, -0.15) is 4.98 Å². The zero-order chi connectivity index (χ0) is 24.1. The molecule has 1 amide bonds. The first kappa shape index (κ1) is 23.4. The summed E-state index contributed by atoms with van der Waals surface area (Å²) in [6, 6.07) is 4.92. The van der Waals surface area contributed by atoms with E-state index >= 15 is 0 Å². The Morgan fingerprint density at radius 2 is 1.91 bits per heavy atom. The summed E-state index contributed by atoms with van der Waals surface area (Å²) >= 11 is 0. The molecular formula is C20H25N7O6. The van der Waals surface area contributed by atoms with E-state index in [0.29, 0.717) is 30.3 Å². The van der Waals surface area contributed by atoms with Gasteiger partial charge in [0.1, 0.15) is 11.7 Å². The molecule has 0 saturated heterocycles. The third-order valence-corrected chi connectivity index (χ3v) is 5.12. The van der Waals surface area contributed by atoms with Crippen LogP contribution >= 0.6 is 0 Å². The van der Waals surface area contributed by atoms with Crippen molar-refractivity contribution in [3.05, 3.63) is 40.2 Å². The van der Waals surface area contributed by atoms with E-state index in [1.165, 1.54) is 19.1 Å². The molecular weight excluding hydrogens is 434 g/mol. The zero-order valence-electron chi connectivity index (χ0n) is 17.7. The predicted molar refractivity (Wildman–Crippen MR) is 120 cm³/mol. The van der Waals surface area contributed by atoms with Crippen LogP contribution in [0.1, 0.15) is 23.7 Å². The molecule has 0 aliphatic carbocycles. The maximum Gasteiger partial charge on any atom is 0.326 e. The van der Waals surface area contributed by atoms with Gasteiger partial charge < -0.3 is 37.2 Å². The van der Waals surface area contributed by atoms with Gasteiger partial charge in [-0.1, -0.05) is 6.92 Å². The number of nitrogens with one attached hydrogen (secondary N) is 5. The van der Waals surface area contributed by atoms with Crippen molar-refractivity contribution in [2.45, 2.75) is 25.4 Å². The maximum atomic E-state index is 12.4. The first-order chi connectivity index (χ1) is 15.6. The van der Waals surface area contributed by atoms with E-state index < -0.39 is 29.8 Å². The Balaban J connectivity index is 1.55. The Labute approximate surface area is 187 Å². The lowest BCUT2D eigenvalue weighted by molar-refractivity contribution is -0.143. The number of fused-ring (bicyclic) bond motifs is 1. The Hall–Kier alpha value is -4.29. The fourth-order valence-electron chi connectivity index (χ4n) is 3.25. The van der Waals surface area contributed by atoms with Gasteiger partial charge in [0.25, 0.3) is 11.5 Å². The minimum Gasteiger partial charge on any atom is -0.481 e. The van der Waals surface area contributed by atoms with Crippen LogP contribution in [-0.2, 0) is 9.59 Å². The lowest BCUT2D eigenvalue weighted by Crippen LogP contribution is -2.42. The second kappa shape index (κ2) is 9.89. The number of nitrogen functional groups attached to an aromatic ring is 1. The molecule has 0 fully saturated rings. The summed E-state index contributed by atoms with van der Waals surface area (Å²) < 4.78 is 0. The molecule has 0 saturated carbocycles. The highest BCUT2D eigenvalue weighted by Gasteiger charge is 2.26. The third kappa shape index (κ3) is 5.90. The number of benzene rings is 1. The van der Waals surface area contributed by atoms with Crippen molar-refractivity contribution in [1.82, 2.24) is 15.3 Å². The summed E-state index contributed by atoms with van der Waals surface area (Å²) in [4.78, 5) is 53.2. The van der Waals surface area contributed by atoms with Crippen LogP contribution in [0.15, 0.2) is 29.1 Å². The average molecular weight is 459 g/mol. The van der Waals surface area contributed by atoms with Crippen molar-refractivity contribution in [1.29, 1.82) is 0 Å². The quantitative estimate of drug-likeness (QED) is 0.249. The van der Waals surface area contributed by atoms with Crippen molar-refractivity contribution in [3.8, 4) is 0 Å². The first-order valence-corrected chi connectivity index (χ1v) is 10.1. The number of carboxylic acids is 2. The van der Waals surface area contributed by atoms with Crippen molar-refractivity contribution in [2.75, 3.05) is 34.8 Å². The topological polar surface area (TPSA) is 212 Å². The Morgan fingerprint density at radius 3 is 2.55 bits per heavy atom. The molecule has 176 valence electrons. The number of carbonyl (C=O) groups is 3. The second-order valence-electron chi connectivity index (χ2n) is 7.69. The number of aromatic amines is 1. The van der Waals surface area contributed by atoms with Crippen LogP contribution in [0, 0.1) is 5.92 Å². The van der Waals surface area contributed by atoms with Crippen molar-refractivity contribution < 1.29 is 24.6 Å². The maximum absolute atomic E-state index is 12.4. The number of carboxylic acid groups (broad SMARTS) is 2. The molecule has 13 nitrogen and oxygen atoms in total. The highest BCUT2D eigenvalue weighted by molar-refractivity contribution is 5.97. The smallest absolute Gasteiger partial charge is 0.326 e. The van der Waals surface area contributed by atoms with Crippen LogP contribution < -0.4 is 32.6 Å². The summed E-state index contributed by atoms with van der Waals surface area (Å²) in [6.45, 7) is 2.33. The Bertz CT molecular complexity index is 1100. The monoisotopic (exact) mass is 459 g/mol. The Kier molecular flexibility index (Phi) is 7.00. The molecule has 9 N–H and O–H groups in total. The van der Waals surface area contributed by atoms with Gasteiger partial charge in [0.2, 0.25) is 5.95 Å². The molecule has 13 heteroatoms. The number of H-pyrrole nitrogens is 1. The van der Waals surface area contributed by atoms with E-state index in [2.05, 4.69) is 31.2 Å². The van der Waals surface area contributed by atoms with Gasteiger partial charge in [-0.3, -0.25) is 19.4 Å². The lowest BCUT2D eigenvalue weighted by Gasteiger charge is -2.27. The van der Waals surface area contributed by atoms with Gasteiger partial charge in [-0.25, -0.2) is 4.79 Å². The first-order valence-electron chi connectivity index (χ1n) is 10.1. The van der Waals surface area contributed by atoms with Gasteiger partial charge in [-0.15, -0.1) is 0 Å². The van der Waals surface area contributed by atoms with Crippen LogP contribution in [0.4, 0.5) is 23.1 Å². The minimum absolute atomic E-state index is 0.0276. The van der Waals surface area contributed by atoms with E-state index in [-0.39, 0.29) is 29.5 Å². The molecule has 1 aromatic heterocycles. The highest BCUT2D eigenvalue weighted by atomic mass is 16.4. The summed E-state index contributed by atoms with van der Waals surface area (Å²) in [5.74, 6) is -3.56. The molecule has 0 radical (unpaired) electrons. The number of rotatable bonds is 9. The fraction of sp³-hybridized carbons (Fsp3) is 0.350. The number of hydrogen-bond acceptors (Lipinski definition) is 9. The minimum atomic E-state index is -1.32. The number of anilines is 4. The number of amides is 1. The molecule has 1 aliphatic heterocycles. The number of aliphatic carboxylic acids is 2. The average Bonchev–Trinajstić information content (AvgIpc) is 2.77. The van der Waals surface area contributed by atoms with E-state index in [4.69, 9.17) is 10.8 Å². The summed E-state index contributed by atoms with van der Waals surface area (Å²) in [5, 5.41) is 29.9. The molecule has 0 spiro atoms. The predicted octanol–water partition coefficient (Wildman–Crippen LogP) is -0.0360. The van der Waals surface area contributed by atoms with Gasteiger partial charge in [-0.05, 0) is 30.7 Å². The van der Waals surface area contributed by atoms with E-state index in [1.54, 1.807) is 12.1 Å². The summed E-state index contributed by atoms with van der Waals surface area (Å²) in [6.07, 6.45) is -0.230. The van der Waals surface area contributed by atoms with Crippen molar-refractivity contribution >= 4 is 41.0 Å². The summed E-state index contributed by atoms with van der Waals surface area (Å²) in [5.41, 5.74) is 6.40. The van der Waals surface area contributed by atoms with Gasteiger partial charge in [0.05, 0.1) is 12.0 Å². The molecule has 3 rings (SSSR count). The molecule has 3 unspecified atom stereocenters. The number of nitrogens with two attached hydrogens (primary N) is 1. The Morgan fingerprint density at radius 1 is 1.21 bits per heavy atom. The molecule has 3 atom stereocenters. The van der Waals surface area contributed by atoms with Crippen LogP contribution in [0.25, 0.3) is 0 Å². The van der Waals surface area contributed by atoms with Gasteiger partial charge in [0.15, 0.2) is 5.82 Å². The van der Waals surface area contributed by atoms with Crippen molar-refractivity contribution in [3.63, 3.8) is 0 Å². The number of hydrogen-bond donors (Lipinski definition) is 8. The molecule has 2 heterocycles. The molecule has 0 bridgehead atoms. The second-order valence-corrected chi connectivity index (χ2v) is 7.69. The van der Waals surface area contributed by atoms with Gasteiger partial charge >= 0.3 is 11.9 Å². The number of aromatic nitrogens is 2. The van der Waals surface area contributed by atoms with Crippen LogP contribution in [0.2, 0.25) is 0 Å². The molecule has 2 aromatic rings. The number of carbonyl (C=O) groups excluding carboxylic acids is 1. The van der Waals surface area contributed by atoms with E-state index in [0.717, 1.165) is 0 Å². The normalized spacial score (nSPS) is 16.3. The van der Waals surface area contributed by atoms with E-state index in [9.17, 15) is 24.3 Å².